The normalized spacial score (nSPS) is 12.9. The van der Waals surface area contributed by atoms with E-state index in [1.165, 1.54) is 77.0 Å². The lowest BCUT2D eigenvalue weighted by molar-refractivity contribution is 0.433. The first kappa shape index (κ1) is 17.0. The van der Waals surface area contributed by atoms with E-state index in [4.69, 9.17) is 0 Å². The van der Waals surface area contributed by atoms with E-state index >= 15 is 0 Å². The van der Waals surface area contributed by atoms with Gasteiger partial charge in [0.2, 0.25) is 0 Å². The Labute approximate surface area is 111 Å². The maximum Gasteiger partial charge on any atom is -0.0443 e. The molecule has 1 radical (unpaired) electrons. The van der Waals surface area contributed by atoms with E-state index in [0.717, 1.165) is 12.3 Å². The van der Waals surface area contributed by atoms with Crippen LogP contribution in [0.25, 0.3) is 0 Å². The van der Waals surface area contributed by atoms with Gasteiger partial charge in [0.15, 0.2) is 0 Å². The van der Waals surface area contributed by atoms with Crippen molar-refractivity contribution in [2.75, 3.05) is 0 Å². The summed E-state index contributed by atoms with van der Waals surface area (Å²) >= 11 is 0. The van der Waals surface area contributed by atoms with Crippen LogP contribution >= 0.6 is 0 Å². The largest absolute Gasteiger partial charge is 0.0654 e. The van der Waals surface area contributed by atoms with Crippen molar-refractivity contribution in [1.29, 1.82) is 0 Å². The Hall–Kier alpha value is 0. The van der Waals surface area contributed by atoms with Gasteiger partial charge >= 0.3 is 0 Å². The van der Waals surface area contributed by atoms with Gasteiger partial charge in [0.1, 0.15) is 0 Å². The van der Waals surface area contributed by atoms with E-state index in [9.17, 15) is 0 Å². The van der Waals surface area contributed by atoms with Gasteiger partial charge in [0.05, 0.1) is 0 Å². The summed E-state index contributed by atoms with van der Waals surface area (Å²) in [4.78, 5) is 0. The highest BCUT2D eigenvalue weighted by molar-refractivity contribution is 4.55. The van der Waals surface area contributed by atoms with Crippen molar-refractivity contribution < 1.29 is 0 Å². The maximum atomic E-state index is 3.89. The molecule has 0 nitrogen and oxygen atoms in total. The number of hydrogen-bond donors (Lipinski definition) is 0. The van der Waals surface area contributed by atoms with Crippen LogP contribution in [0.15, 0.2) is 0 Å². The van der Waals surface area contributed by atoms with Gasteiger partial charge in [-0.15, -0.1) is 0 Å². The van der Waals surface area contributed by atoms with Crippen LogP contribution in [0.5, 0.6) is 0 Å². The first-order valence-corrected chi connectivity index (χ1v) is 8.10. The van der Waals surface area contributed by atoms with E-state index in [2.05, 4.69) is 20.8 Å². The van der Waals surface area contributed by atoms with Crippen molar-refractivity contribution in [3.63, 3.8) is 0 Å². The van der Waals surface area contributed by atoms with Crippen LogP contribution < -0.4 is 0 Å². The standard InChI is InChI=1S/C17H35/c1-4-6-8-10-12-14-16-17(3)15-13-11-9-7-5-2/h17H,1,4-16H2,2-3H3/t17-/m0/s1. The van der Waals surface area contributed by atoms with Gasteiger partial charge in [-0.1, -0.05) is 104 Å². The van der Waals surface area contributed by atoms with Gasteiger partial charge in [-0.05, 0) is 5.92 Å². The molecule has 0 amide bonds. The summed E-state index contributed by atoms with van der Waals surface area (Å²) in [6.45, 7) is 8.62. The molecule has 1 atom stereocenters. The molecule has 0 aliphatic heterocycles. The smallest absolute Gasteiger partial charge is 0.0443 e. The Bertz CT molecular complexity index is 128. The molecule has 0 rings (SSSR count). The zero-order valence-corrected chi connectivity index (χ0v) is 12.5. The van der Waals surface area contributed by atoms with Crippen molar-refractivity contribution in [3.05, 3.63) is 6.92 Å². The Morgan fingerprint density at radius 2 is 1.18 bits per heavy atom. The van der Waals surface area contributed by atoms with Gasteiger partial charge in [0.25, 0.3) is 0 Å². The second-order valence-corrected chi connectivity index (χ2v) is 5.72. The highest BCUT2D eigenvalue weighted by Crippen LogP contribution is 2.18. The SMILES string of the molecule is [CH2]CCCCCCC[C@@H](C)CCCCCCC. The summed E-state index contributed by atoms with van der Waals surface area (Å²) < 4.78 is 0. The third-order valence-electron chi connectivity index (χ3n) is 3.75. The molecule has 0 aliphatic rings. The summed E-state index contributed by atoms with van der Waals surface area (Å²) in [5.74, 6) is 0.962. The summed E-state index contributed by atoms with van der Waals surface area (Å²) in [5, 5.41) is 0. The second-order valence-electron chi connectivity index (χ2n) is 5.72. The topological polar surface area (TPSA) is 0 Å². The lowest BCUT2D eigenvalue weighted by Gasteiger charge is -2.10. The fourth-order valence-corrected chi connectivity index (χ4v) is 2.44. The molecule has 0 aromatic carbocycles. The van der Waals surface area contributed by atoms with E-state index in [-0.39, 0.29) is 0 Å². The van der Waals surface area contributed by atoms with Crippen LogP contribution in [-0.2, 0) is 0 Å². The summed E-state index contributed by atoms with van der Waals surface area (Å²) in [6, 6.07) is 0. The molecule has 0 N–H and O–H groups in total. The predicted octanol–water partition coefficient (Wildman–Crippen LogP) is 6.55. The minimum atomic E-state index is 0.962. The average molecular weight is 239 g/mol. The lowest BCUT2D eigenvalue weighted by Crippen LogP contribution is -1.95. The zero-order chi connectivity index (χ0) is 12.8. The van der Waals surface area contributed by atoms with Crippen LogP contribution in [-0.4, -0.2) is 0 Å². The van der Waals surface area contributed by atoms with Gasteiger partial charge in [-0.25, -0.2) is 0 Å². The molecular weight excluding hydrogens is 204 g/mol. The fourth-order valence-electron chi connectivity index (χ4n) is 2.44. The van der Waals surface area contributed by atoms with Crippen LogP contribution in [0.3, 0.4) is 0 Å². The Balaban J connectivity index is 3.09. The van der Waals surface area contributed by atoms with Crippen LogP contribution in [0.4, 0.5) is 0 Å². The third-order valence-corrected chi connectivity index (χ3v) is 3.75. The first-order valence-electron chi connectivity index (χ1n) is 8.10. The molecular formula is C17H35. The zero-order valence-electron chi connectivity index (χ0n) is 12.5. The first-order chi connectivity index (χ1) is 8.31. The summed E-state index contributed by atoms with van der Waals surface area (Å²) in [7, 11) is 0. The maximum absolute atomic E-state index is 3.89. The molecule has 0 fully saturated rings. The van der Waals surface area contributed by atoms with Gasteiger partial charge < -0.3 is 0 Å². The van der Waals surface area contributed by atoms with Crippen LogP contribution in [0.2, 0.25) is 0 Å². The molecule has 0 aromatic heterocycles. The number of hydrogen-bond acceptors (Lipinski definition) is 0. The van der Waals surface area contributed by atoms with Crippen molar-refractivity contribution in [1.82, 2.24) is 0 Å². The minimum Gasteiger partial charge on any atom is -0.0654 e. The number of rotatable bonds is 13. The van der Waals surface area contributed by atoms with Gasteiger partial charge in [0, 0.05) is 0 Å². The molecule has 0 unspecified atom stereocenters. The monoisotopic (exact) mass is 239 g/mol. The fraction of sp³-hybridized carbons (Fsp3) is 0.941. The third kappa shape index (κ3) is 13.9. The molecule has 0 saturated heterocycles. The minimum absolute atomic E-state index is 0.962. The van der Waals surface area contributed by atoms with Crippen molar-refractivity contribution in [2.24, 2.45) is 5.92 Å². The quantitative estimate of drug-likeness (QED) is 0.320. The summed E-state index contributed by atoms with van der Waals surface area (Å²) in [6.07, 6.45) is 18.3. The van der Waals surface area contributed by atoms with Gasteiger partial charge in [-0.3, -0.25) is 0 Å². The van der Waals surface area contributed by atoms with E-state index in [1.807, 2.05) is 0 Å². The Morgan fingerprint density at radius 3 is 1.71 bits per heavy atom. The predicted molar refractivity (Wildman–Crippen MR) is 80.2 cm³/mol. The molecule has 0 saturated carbocycles. The number of unbranched alkanes of at least 4 members (excludes halogenated alkanes) is 9. The van der Waals surface area contributed by atoms with E-state index < -0.39 is 0 Å². The molecule has 0 aliphatic carbocycles. The molecule has 103 valence electrons. The lowest BCUT2D eigenvalue weighted by atomic mass is 9.96. The van der Waals surface area contributed by atoms with Crippen LogP contribution in [0.1, 0.15) is 97.3 Å². The van der Waals surface area contributed by atoms with Crippen molar-refractivity contribution in [3.8, 4) is 0 Å². The van der Waals surface area contributed by atoms with E-state index in [0.29, 0.717) is 0 Å². The molecule has 0 bridgehead atoms. The van der Waals surface area contributed by atoms with Gasteiger partial charge in [-0.2, -0.15) is 0 Å². The Morgan fingerprint density at radius 1 is 0.706 bits per heavy atom. The molecule has 0 aromatic rings. The van der Waals surface area contributed by atoms with Crippen LogP contribution in [0, 0.1) is 12.8 Å². The second kappa shape index (κ2) is 14.1. The Kier molecular flexibility index (Phi) is 14.1. The highest BCUT2D eigenvalue weighted by Gasteiger charge is 2.01. The molecule has 17 heavy (non-hydrogen) atoms. The molecule has 0 heteroatoms. The molecule has 0 spiro atoms. The van der Waals surface area contributed by atoms with Crippen molar-refractivity contribution >= 4 is 0 Å². The van der Waals surface area contributed by atoms with Crippen molar-refractivity contribution in [2.45, 2.75) is 97.3 Å². The average Bonchev–Trinajstić information content (AvgIpc) is 2.33. The molecule has 0 heterocycles. The van der Waals surface area contributed by atoms with E-state index in [1.54, 1.807) is 0 Å². The summed E-state index contributed by atoms with van der Waals surface area (Å²) in [5.41, 5.74) is 0. The highest BCUT2D eigenvalue weighted by atomic mass is 14.1.